The summed E-state index contributed by atoms with van der Waals surface area (Å²) >= 11 is 0. The summed E-state index contributed by atoms with van der Waals surface area (Å²) in [5, 5.41) is 19.6. The molecular weight excluding hydrogens is 655 g/mol. The first-order chi connectivity index (χ1) is 23.6. The molecule has 0 bridgehead atoms. The fourth-order valence-corrected chi connectivity index (χ4v) is 5.05. The number of amides is 5. The summed E-state index contributed by atoms with van der Waals surface area (Å²) in [6.45, 7) is 4.64. The number of aliphatic hydroxyl groups excluding tert-OH is 1. The van der Waals surface area contributed by atoms with E-state index in [0.717, 1.165) is 11.1 Å². The van der Waals surface area contributed by atoms with Crippen molar-refractivity contribution in [1.82, 2.24) is 21.3 Å². The van der Waals surface area contributed by atoms with E-state index in [9.17, 15) is 42.3 Å². The summed E-state index contributed by atoms with van der Waals surface area (Å²) in [4.78, 5) is 64.3. The van der Waals surface area contributed by atoms with Gasteiger partial charge in [-0.1, -0.05) is 86.6 Å². The van der Waals surface area contributed by atoms with Crippen molar-refractivity contribution in [3.8, 4) is 11.1 Å². The summed E-state index contributed by atoms with van der Waals surface area (Å²) in [6.07, 6.45) is -9.28. The number of nitrogens with one attached hydrogen (secondary N) is 4. The SMILES string of the molecule is CC(C)[C@H](NC(=O)c1ccc(-c2ccccc2)cc1)C(=O)N[C@H](Cc1ccccc1)C(=O)N[C@@H](C)C(=O)NC(CCC(N)=O)C(O)C(F)(F)F. The van der Waals surface area contributed by atoms with Gasteiger partial charge in [0.1, 0.15) is 18.1 Å². The van der Waals surface area contributed by atoms with Gasteiger partial charge in [0.2, 0.25) is 23.6 Å². The number of halogens is 3. The molecule has 11 nitrogen and oxygen atoms in total. The number of hydrogen-bond donors (Lipinski definition) is 6. The van der Waals surface area contributed by atoms with E-state index in [4.69, 9.17) is 5.73 Å². The van der Waals surface area contributed by atoms with Crippen molar-refractivity contribution in [3.63, 3.8) is 0 Å². The van der Waals surface area contributed by atoms with E-state index in [-0.39, 0.29) is 6.42 Å². The average molecular weight is 698 g/mol. The van der Waals surface area contributed by atoms with Crippen molar-refractivity contribution in [2.24, 2.45) is 11.7 Å². The van der Waals surface area contributed by atoms with Crippen molar-refractivity contribution in [1.29, 1.82) is 0 Å². The normalized spacial score (nSPS) is 14.4. The Labute approximate surface area is 288 Å². The van der Waals surface area contributed by atoms with Gasteiger partial charge >= 0.3 is 6.18 Å². The number of nitrogens with two attached hydrogens (primary N) is 1. The van der Waals surface area contributed by atoms with Crippen LogP contribution < -0.4 is 27.0 Å². The molecule has 3 aromatic rings. The molecule has 3 rings (SSSR count). The smallest absolute Gasteiger partial charge is 0.382 e. The van der Waals surface area contributed by atoms with Crippen LogP contribution >= 0.6 is 0 Å². The van der Waals surface area contributed by atoms with Crippen molar-refractivity contribution >= 4 is 29.5 Å². The number of benzene rings is 3. The summed E-state index contributed by atoms with van der Waals surface area (Å²) in [5.41, 5.74) is 7.86. The third kappa shape index (κ3) is 11.7. The Morgan fingerprint density at radius 3 is 1.82 bits per heavy atom. The zero-order valence-electron chi connectivity index (χ0n) is 27.9. The zero-order chi connectivity index (χ0) is 37.0. The summed E-state index contributed by atoms with van der Waals surface area (Å²) < 4.78 is 39.7. The van der Waals surface area contributed by atoms with Crippen molar-refractivity contribution in [3.05, 3.63) is 96.1 Å². The average Bonchev–Trinajstić information content (AvgIpc) is 3.08. The third-order valence-corrected chi connectivity index (χ3v) is 7.90. The number of rotatable bonds is 16. The molecule has 5 amide bonds. The molecule has 5 atom stereocenters. The molecule has 0 saturated heterocycles. The summed E-state index contributed by atoms with van der Waals surface area (Å²) in [5.74, 6) is -4.45. The van der Waals surface area contributed by atoms with Crippen molar-refractivity contribution < 1.29 is 42.3 Å². The molecule has 0 spiro atoms. The van der Waals surface area contributed by atoms with Crippen LogP contribution in [0.2, 0.25) is 0 Å². The largest absolute Gasteiger partial charge is 0.416 e. The molecule has 0 heterocycles. The Hall–Kier alpha value is -5.24. The molecule has 2 unspecified atom stereocenters. The maximum atomic E-state index is 13.6. The lowest BCUT2D eigenvalue weighted by atomic mass is 9.99. The van der Waals surface area contributed by atoms with Crippen LogP contribution in [-0.4, -0.2) is 71.1 Å². The van der Waals surface area contributed by atoms with Gasteiger partial charge in [0.25, 0.3) is 5.91 Å². The minimum atomic E-state index is -5.11. The Morgan fingerprint density at radius 1 is 0.720 bits per heavy atom. The Bertz CT molecular complexity index is 1600. The number of carbonyl (C=O) groups excluding carboxylic acids is 5. The Morgan fingerprint density at radius 2 is 1.28 bits per heavy atom. The van der Waals surface area contributed by atoms with Crippen LogP contribution in [0.4, 0.5) is 13.2 Å². The van der Waals surface area contributed by atoms with E-state index >= 15 is 0 Å². The molecule has 0 aliphatic carbocycles. The van der Waals surface area contributed by atoms with Crippen LogP contribution in [0, 0.1) is 5.92 Å². The second kappa shape index (κ2) is 18.0. The van der Waals surface area contributed by atoms with Crippen LogP contribution in [-0.2, 0) is 25.6 Å². The first-order valence-corrected chi connectivity index (χ1v) is 16.0. The standard InChI is InChI=1S/C36H42F3N5O6/c1-21(2)30(44-33(48)26-16-14-25(15-17-26)24-12-8-5-9-13-24)35(50)43-28(20-23-10-6-4-7-11-23)34(49)41-22(3)32(47)42-27(18-19-29(40)45)31(46)36(37,38)39/h4-17,21-22,27-28,30-31,46H,18-20H2,1-3H3,(H2,40,45)(H,41,49)(H,42,47)(H,43,50)(H,44,48)/t22-,27?,28+,30-,31?/m0/s1. The zero-order valence-corrected chi connectivity index (χ0v) is 27.9. The van der Waals surface area contributed by atoms with Gasteiger partial charge in [-0.3, -0.25) is 24.0 Å². The monoisotopic (exact) mass is 697 g/mol. The minimum Gasteiger partial charge on any atom is -0.382 e. The first kappa shape index (κ1) is 39.2. The Balaban J connectivity index is 1.74. The van der Waals surface area contributed by atoms with Crippen molar-refractivity contribution in [2.75, 3.05) is 0 Å². The molecule has 0 radical (unpaired) electrons. The van der Waals surface area contributed by atoms with Gasteiger partial charge in [-0.15, -0.1) is 0 Å². The van der Waals surface area contributed by atoms with Gasteiger partial charge in [0.05, 0.1) is 6.04 Å². The molecular formula is C36H42F3N5O6. The molecule has 0 aliphatic heterocycles. The van der Waals surface area contributed by atoms with E-state index in [0.29, 0.717) is 11.1 Å². The molecule has 268 valence electrons. The molecule has 0 fully saturated rings. The van der Waals surface area contributed by atoms with Gasteiger partial charge in [0.15, 0.2) is 6.10 Å². The first-order valence-electron chi connectivity index (χ1n) is 16.0. The molecule has 3 aromatic carbocycles. The number of hydrogen-bond acceptors (Lipinski definition) is 6. The predicted molar refractivity (Wildman–Crippen MR) is 180 cm³/mol. The number of aliphatic hydroxyl groups is 1. The van der Waals surface area contributed by atoms with E-state index in [1.54, 1.807) is 68.4 Å². The lowest BCUT2D eigenvalue weighted by Crippen LogP contribution is -2.59. The van der Waals surface area contributed by atoms with Crippen LogP contribution in [0.3, 0.4) is 0 Å². The van der Waals surface area contributed by atoms with E-state index < -0.39 is 84.7 Å². The number of primary amides is 1. The summed E-state index contributed by atoms with van der Waals surface area (Å²) in [6, 6.07) is 19.4. The third-order valence-electron chi connectivity index (χ3n) is 7.90. The van der Waals surface area contributed by atoms with Crippen LogP contribution in [0.1, 0.15) is 49.5 Å². The van der Waals surface area contributed by atoms with E-state index in [1.165, 1.54) is 6.92 Å². The molecule has 0 aliphatic rings. The highest BCUT2D eigenvalue weighted by atomic mass is 19.4. The molecule has 14 heteroatoms. The van der Waals surface area contributed by atoms with Crippen LogP contribution in [0.25, 0.3) is 11.1 Å². The minimum absolute atomic E-state index is 0.0273. The lowest BCUT2D eigenvalue weighted by Gasteiger charge is -2.28. The van der Waals surface area contributed by atoms with Gasteiger partial charge in [-0.2, -0.15) is 13.2 Å². The van der Waals surface area contributed by atoms with Gasteiger partial charge < -0.3 is 32.1 Å². The fourth-order valence-electron chi connectivity index (χ4n) is 5.05. The van der Waals surface area contributed by atoms with Crippen molar-refractivity contribution in [2.45, 2.75) is 76.5 Å². The maximum absolute atomic E-state index is 13.6. The highest BCUT2D eigenvalue weighted by Crippen LogP contribution is 2.24. The predicted octanol–water partition coefficient (Wildman–Crippen LogP) is 3.01. The second-order valence-electron chi connectivity index (χ2n) is 12.2. The van der Waals surface area contributed by atoms with Crippen LogP contribution in [0.15, 0.2) is 84.9 Å². The highest BCUT2D eigenvalue weighted by molar-refractivity contribution is 5.99. The lowest BCUT2D eigenvalue weighted by molar-refractivity contribution is -0.212. The molecule has 0 saturated carbocycles. The number of carbonyl (C=O) groups is 5. The molecule has 0 aromatic heterocycles. The molecule has 7 N–H and O–H groups in total. The topological polar surface area (TPSA) is 180 Å². The number of alkyl halides is 3. The van der Waals surface area contributed by atoms with Gasteiger partial charge in [0, 0.05) is 18.4 Å². The van der Waals surface area contributed by atoms with E-state index in [2.05, 4.69) is 16.0 Å². The van der Waals surface area contributed by atoms with Crippen LogP contribution in [0.5, 0.6) is 0 Å². The van der Waals surface area contributed by atoms with E-state index in [1.807, 2.05) is 35.6 Å². The Kier molecular flexibility index (Phi) is 14.1. The fraction of sp³-hybridized carbons (Fsp3) is 0.361. The second-order valence-corrected chi connectivity index (χ2v) is 12.2. The quantitative estimate of drug-likeness (QED) is 0.134. The summed E-state index contributed by atoms with van der Waals surface area (Å²) in [7, 11) is 0. The van der Waals surface area contributed by atoms with Gasteiger partial charge in [-0.05, 0) is 48.1 Å². The highest BCUT2D eigenvalue weighted by Gasteiger charge is 2.44. The van der Waals surface area contributed by atoms with Gasteiger partial charge in [-0.25, -0.2) is 0 Å². The maximum Gasteiger partial charge on any atom is 0.416 e. The molecule has 50 heavy (non-hydrogen) atoms.